The highest BCUT2D eigenvalue weighted by Gasteiger charge is 2.08. The molecule has 0 aliphatic rings. The Balaban J connectivity index is 2.24. The third-order valence-corrected chi connectivity index (χ3v) is 2.78. The van der Waals surface area contributed by atoms with Gasteiger partial charge >= 0.3 is 0 Å². The van der Waals surface area contributed by atoms with E-state index in [-0.39, 0.29) is 17.4 Å². The van der Waals surface area contributed by atoms with Gasteiger partial charge in [-0.25, -0.2) is 4.39 Å². The standard InChI is InChI=1S/C15H15FO3/c1-9(2)12-5-3-11(8-15(12)18)19-10-4-6-14(17)13(16)7-10/h3-9,17-18H,1-2H3. The zero-order chi connectivity index (χ0) is 14.0. The fraction of sp³-hybridized carbons (Fsp3) is 0.200. The van der Waals surface area contributed by atoms with Crippen molar-refractivity contribution < 1.29 is 19.3 Å². The predicted molar refractivity (Wildman–Crippen MR) is 70.3 cm³/mol. The smallest absolute Gasteiger partial charge is 0.168 e. The van der Waals surface area contributed by atoms with E-state index in [2.05, 4.69) is 0 Å². The van der Waals surface area contributed by atoms with Crippen LogP contribution in [0.5, 0.6) is 23.0 Å². The molecule has 100 valence electrons. The number of rotatable bonds is 3. The summed E-state index contributed by atoms with van der Waals surface area (Å²) < 4.78 is 18.6. The molecule has 2 rings (SSSR count). The Kier molecular flexibility index (Phi) is 3.60. The molecule has 3 nitrogen and oxygen atoms in total. The van der Waals surface area contributed by atoms with Crippen molar-refractivity contribution in [3.63, 3.8) is 0 Å². The lowest BCUT2D eigenvalue weighted by Gasteiger charge is -2.11. The zero-order valence-corrected chi connectivity index (χ0v) is 10.7. The van der Waals surface area contributed by atoms with Crippen molar-refractivity contribution in [2.24, 2.45) is 0 Å². The zero-order valence-electron chi connectivity index (χ0n) is 10.7. The van der Waals surface area contributed by atoms with Gasteiger partial charge in [0, 0.05) is 12.1 Å². The maximum atomic E-state index is 13.2. The Morgan fingerprint density at radius 2 is 1.58 bits per heavy atom. The first-order valence-corrected chi connectivity index (χ1v) is 5.96. The summed E-state index contributed by atoms with van der Waals surface area (Å²) in [6.07, 6.45) is 0. The van der Waals surface area contributed by atoms with Crippen molar-refractivity contribution >= 4 is 0 Å². The Hall–Kier alpha value is -2.23. The highest BCUT2D eigenvalue weighted by Crippen LogP contribution is 2.32. The maximum Gasteiger partial charge on any atom is 0.168 e. The van der Waals surface area contributed by atoms with Crippen LogP contribution in [-0.2, 0) is 0 Å². The van der Waals surface area contributed by atoms with E-state index < -0.39 is 11.6 Å². The van der Waals surface area contributed by atoms with Crippen molar-refractivity contribution in [1.82, 2.24) is 0 Å². The van der Waals surface area contributed by atoms with Gasteiger partial charge in [0.05, 0.1) is 0 Å². The van der Waals surface area contributed by atoms with Crippen LogP contribution in [-0.4, -0.2) is 10.2 Å². The molecular formula is C15H15FO3. The van der Waals surface area contributed by atoms with Gasteiger partial charge in [0.1, 0.15) is 17.2 Å². The molecule has 2 N–H and O–H groups in total. The number of hydrogen-bond donors (Lipinski definition) is 2. The largest absolute Gasteiger partial charge is 0.508 e. The van der Waals surface area contributed by atoms with Crippen LogP contribution in [0.4, 0.5) is 4.39 Å². The lowest BCUT2D eigenvalue weighted by molar-refractivity contribution is 0.421. The van der Waals surface area contributed by atoms with E-state index in [4.69, 9.17) is 9.84 Å². The topological polar surface area (TPSA) is 49.7 Å². The molecule has 0 aliphatic heterocycles. The Bertz CT molecular complexity index is 594. The van der Waals surface area contributed by atoms with Crippen LogP contribution >= 0.6 is 0 Å². The molecule has 19 heavy (non-hydrogen) atoms. The average Bonchev–Trinajstić information content (AvgIpc) is 2.33. The number of aromatic hydroxyl groups is 2. The van der Waals surface area contributed by atoms with E-state index in [0.717, 1.165) is 11.6 Å². The summed E-state index contributed by atoms with van der Waals surface area (Å²) in [6.45, 7) is 3.95. The van der Waals surface area contributed by atoms with Gasteiger partial charge in [-0.2, -0.15) is 0 Å². The summed E-state index contributed by atoms with van der Waals surface area (Å²) in [6, 6.07) is 8.72. The lowest BCUT2D eigenvalue weighted by atomic mass is 10.0. The van der Waals surface area contributed by atoms with Crippen molar-refractivity contribution in [2.45, 2.75) is 19.8 Å². The number of hydrogen-bond acceptors (Lipinski definition) is 3. The summed E-state index contributed by atoms with van der Waals surface area (Å²) >= 11 is 0. The SMILES string of the molecule is CC(C)c1ccc(Oc2ccc(O)c(F)c2)cc1O. The van der Waals surface area contributed by atoms with Gasteiger partial charge in [-0.05, 0) is 29.7 Å². The molecule has 0 radical (unpaired) electrons. The van der Waals surface area contributed by atoms with Gasteiger partial charge in [0.2, 0.25) is 0 Å². The summed E-state index contributed by atoms with van der Waals surface area (Å²) in [4.78, 5) is 0. The first-order valence-electron chi connectivity index (χ1n) is 5.96. The average molecular weight is 262 g/mol. The molecule has 0 heterocycles. The minimum atomic E-state index is -0.750. The van der Waals surface area contributed by atoms with Gasteiger partial charge in [-0.3, -0.25) is 0 Å². The first kappa shape index (κ1) is 13.2. The summed E-state index contributed by atoms with van der Waals surface area (Å²) in [5.41, 5.74) is 0.823. The molecular weight excluding hydrogens is 247 g/mol. The van der Waals surface area contributed by atoms with Crippen LogP contribution in [0, 0.1) is 5.82 Å². The summed E-state index contributed by atoms with van der Waals surface area (Å²) in [5, 5.41) is 18.9. The van der Waals surface area contributed by atoms with Crippen LogP contribution in [0.2, 0.25) is 0 Å². The first-order chi connectivity index (χ1) is 8.97. The minimum Gasteiger partial charge on any atom is -0.508 e. The number of benzene rings is 2. The van der Waals surface area contributed by atoms with Gasteiger partial charge in [-0.1, -0.05) is 19.9 Å². The Labute approximate surface area is 110 Å². The highest BCUT2D eigenvalue weighted by molar-refractivity contribution is 5.43. The molecule has 0 atom stereocenters. The van der Waals surface area contributed by atoms with Crippen LogP contribution in [0.1, 0.15) is 25.3 Å². The van der Waals surface area contributed by atoms with E-state index in [9.17, 15) is 9.50 Å². The second kappa shape index (κ2) is 5.18. The van der Waals surface area contributed by atoms with Gasteiger partial charge in [-0.15, -0.1) is 0 Å². The molecule has 0 saturated carbocycles. The van der Waals surface area contributed by atoms with Gasteiger partial charge in [0.25, 0.3) is 0 Å². The Morgan fingerprint density at radius 1 is 0.947 bits per heavy atom. The van der Waals surface area contributed by atoms with E-state index in [1.807, 2.05) is 13.8 Å². The van der Waals surface area contributed by atoms with Crippen molar-refractivity contribution in [1.29, 1.82) is 0 Å². The number of halogens is 1. The predicted octanol–water partition coefficient (Wildman–Crippen LogP) is 4.15. The lowest BCUT2D eigenvalue weighted by Crippen LogP contribution is -1.90. The number of phenols is 2. The molecule has 0 amide bonds. The third-order valence-electron chi connectivity index (χ3n) is 2.78. The Morgan fingerprint density at radius 3 is 2.16 bits per heavy atom. The van der Waals surface area contributed by atoms with Crippen LogP contribution in [0.25, 0.3) is 0 Å². The van der Waals surface area contributed by atoms with Gasteiger partial charge in [0.15, 0.2) is 11.6 Å². The number of phenolic OH excluding ortho intramolecular Hbond substituents is 2. The molecule has 0 bridgehead atoms. The monoisotopic (exact) mass is 262 g/mol. The molecule has 4 heteroatoms. The maximum absolute atomic E-state index is 13.2. The summed E-state index contributed by atoms with van der Waals surface area (Å²) in [7, 11) is 0. The van der Waals surface area contributed by atoms with Crippen molar-refractivity contribution in [3.8, 4) is 23.0 Å². The van der Waals surface area contributed by atoms with Crippen molar-refractivity contribution in [2.75, 3.05) is 0 Å². The van der Waals surface area contributed by atoms with E-state index >= 15 is 0 Å². The molecule has 0 spiro atoms. The third kappa shape index (κ3) is 2.96. The highest BCUT2D eigenvalue weighted by atomic mass is 19.1. The molecule has 2 aromatic rings. The fourth-order valence-electron chi connectivity index (χ4n) is 1.76. The molecule has 0 unspecified atom stereocenters. The van der Waals surface area contributed by atoms with E-state index in [1.54, 1.807) is 12.1 Å². The van der Waals surface area contributed by atoms with Crippen LogP contribution in [0.15, 0.2) is 36.4 Å². The second-order valence-electron chi connectivity index (χ2n) is 4.59. The van der Waals surface area contributed by atoms with Crippen molar-refractivity contribution in [3.05, 3.63) is 47.8 Å². The molecule has 0 aliphatic carbocycles. The summed E-state index contributed by atoms with van der Waals surface area (Å²) in [5.74, 6) is -0.156. The van der Waals surface area contributed by atoms with Gasteiger partial charge < -0.3 is 14.9 Å². The molecule has 0 saturated heterocycles. The van der Waals surface area contributed by atoms with Crippen LogP contribution in [0.3, 0.4) is 0 Å². The van der Waals surface area contributed by atoms with E-state index in [0.29, 0.717) is 5.75 Å². The molecule has 0 aromatic heterocycles. The normalized spacial score (nSPS) is 10.7. The second-order valence-corrected chi connectivity index (χ2v) is 4.59. The fourth-order valence-corrected chi connectivity index (χ4v) is 1.76. The molecule has 2 aromatic carbocycles. The van der Waals surface area contributed by atoms with E-state index in [1.165, 1.54) is 18.2 Å². The van der Waals surface area contributed by atoms with Crippen LogP contribution < -0.4 is 4.74 Å². The number of ether oxygens (including phenoxy) is 1. The molecule has 0 fully saturated rings. The minimum absolute atomic E-state index is 0.145. The quantitative estimate of drug-likeness (QED) is 0.873.